The van der Waals surface area contributed by atoms with E-state index in [1.165, 1.54) is 7.05 Å². The number of piperidine rings is 1. The van der Waals surface area contributed by atoms with Gasteiger partial charge in [0.1, 0.15) is 6.04 Å². The highest BCUT2D eigenvalue weighted by Crippen LogP contribution is 2.13. The van der Waals surface area contributed by atoms with Crippen molar-refractivity contribution in [3.05, 3.63) is 35.4 Å². The first-order chi connectivity index (χ1) is 9.52. The molecular formula is C14H15ClN2O3. The fourth-order valence-corrected chi connectivity index (χ4v) is 2.21. The average Bonchev–Trinajstić information content (AvgIpc) is 2.48. The summed E-state index contributed by atoms with van der Waals surface area (Å²) in [7, 11) is 1.43. The van der Waals surface area contributed by atoms with Gasteiger partial charge in [0, 0.05) is 24.9 Å². The lowest BCUT2D eigenvalue weighted by atomic mass is 10.0. The van der Waals surface area contributed by atoms with E-state index < -0.39 is 6.04 Å². The van der Waals surface area contributed by atoms with Crippen LogP contribution < -0.4 is 5.32 Å². The largest absolute Gasteiger partial charge is 0.340 e. The minimum Gasteiger partial charge on any atom is -0.340 e. The summed E-state index contributed by atoms with van der Waals surface area (Å²) < 4.78 is 0. The van der Waals surface area contributed by atoms with Gasteiger partial charge in [-0.25, -0.2) is 0 Å². The summed E-state index contributed by atoms with van der Waals surface area (Å²) in [5.41, 5.74) is 1.38. The smallest absolute Gasteiger partial charge is 0.251 e. The second-order valence-corrected chi connectivity index (χ2v) is 4.95. The van der Waals surface area contributed by atoms with Gasteiger partial charge in [0.15, 0.2) is 0 Å². The summed E-state index contributed by atoms with van der Waals surface area (Å²) >= 11 is 5.68. The van der Waals surface area contributed by atoms with E-state index in [1.54, 1.807) is 24.3 Å². The summed E-state index contributed by atoms with van der Waals surface area (Å²) in [4.78, 5) is 36.3. The minimum atomic E-state index is -0.641. The molecule has 20 heavy (non-hydrogen) atoms. The second kappa shape index (κ2) is 6.05. The molecule has 1 fully saturated rings. The Morgan fingerprint density at radius 3 is 2.60 bits per heavy atom. The van der Waals surface area contributed by atoms with E-state index in [4.69, 9.17) is 11.6 Å². The van der Waals surface area contributed by atoms with Crippen molar-refractivity contribution >= 4 is 29.3 Å². The van der Waals surface area contributed by atoms with Gasteiger partial charge in [-0.05, 0) is 24.1 Å². The third-order valence-electron chi connectivity index (χ3n) is 3.33. The van der Waals surface area contributed by atoms with Gasteiger partial charge >= 0.3 is 0 Å². The molecule has 1 saturated heterocycles. The molecule has 1 heterocycles. The van der Waals surface area contributed by atoms with Crippen LogP contribution in [0.3, 0.4) is 0 Å². The number of carbonyl (C=O) groups excluding carboxylic acids is 3. The lowest BCUT2D eigenvalue weighted by Crippen LogP contribution is -2.52. The van der Waals surface area contributed by atoms with Crippen LogP contribution in [-0.2, 0) is 15.5 Å². The number of likely N-dealkylation sites (tertiary alicyclic amines) is 1. The van der Waals surface area contributed by atoms with Crippen LogP contribution in [0.5, 0.6) is 0 Å². The Morgan fingerprint density at radius 1 is 1.35 bits per heavy atom. The van der Waals surface area contributed by atoms with Crippen molar-refractivity contribution < 1.29 is 14.4 Å². The van der Waals surface area contributed by atoms with Crippen molar-refractivity contribution in [2.24, 2.45) is 0 Å². The summed E-state index contributed by atoms with van der Waals surface area (Å²) in [6.45, 7) is 0. The summed E-state index contributed by atoms with van der Waals surface area (Å²) in [6.07, 6.45) is 0.603. The van der Waals surface area contributed by atoms with E-state index >= 15 is 0 Å². The van der Waals surface area contributed by atoms with Gasteiger partial charge in [-0.1, -0.05) is 12.1 Å². The van der Waals surface area contributed by atoms with Gasteiger partial charge in [0.2, 0.25) is 5.91 Å². The Kier molecular flexibility index (Phi) is 4.39. The topological polar surface area (TPSA) is 66.5 Å². The van der Waals surface area contributed by atoms with Crippen LogP contribution in [0.2, 0.25) is 0 Å². The highest BCUT2D eigenvalue weighted by atomic mass is 35.5. The zero-order chi connectivity index (χ0) is 14.7. The molecule has 1 aliphatic rings. The normalized spacial score (nSPS) is 19.1. The van der Waals surface area contributed by atoms with Gasteiger partial charge < -0.3 is 5.32 Å². The number of halogens is 1. The SMILES string of the molecule is CN1C(=O)CCC(NC(=O)c2ccc(CCl)cc2)C1=O. The highest BCUT2D eigenvalue weighted by molar-refractivity contribution is 6.17. The lowest BCUT2D eigenvalue weighted by Gasteiger charge is -2.28. The monoisotopic (exact) mass is 294 g/mol. The maximum absolute atomic E-state index is 12.0. The number of rotatable bonds is 3. The molecule has 0 aliphatic carbocycles. The molecule has 2 rings (SSSR count). The van der Waals surface area contributed by atoms with Crippen LogP contribution in [0.4, 0.5) is 0 Å². The first-order valence-electron chi connectivity index (χ1n) is 6.29. The van der Waals surface area contributed by atoms with E-state index in [2.05, 4.69) is 5.32 Å². The number of benzene rings is 1. The Balaban J connectivity index is 2.03. The van der Waals surface area contributed by atoms with Gasteiger partial charge in [-0.15, -0.1) is 11.6 Å². The third-order valence-corrected chi connectivity index (χ3v) is 3.63. The molecule has 1 atom stereocenters. The number of imide groups is 1. The first kappa shape index (κ1) is 14.5. The predicted molar refractivity (Wildman–Crippen MR) is 74.3 cm³/mol. The van der Waals surface area contributed by atoms with Crippen LogP contribution in [0.15, 0.2) is 24.3 Å². The van der Waals surface area contributed by atoms with Crippen molar-refractivity contribution in [2.75, 3.05) is 7.05 Å². The molecule has 1 aromatic rings. The lowest BCUT2D eigenvalue weighted by molar-refractivity contribution is -0.147. The zero-order valence-corrected chi connectivity index (χ0v) is 11.8. The molecule has 1 N–H and O–H groups in total. The van der Waals surface area contributed by atoms with E-state index in [9.17, 15) is 14.4 Å². The third kappa shape index (κ3) is 2.99. The highest BCUT2D eigenvalue weighted by Gasteiger charge is 2.32. The Bertz CT molecular complexity index is 542. The van der Waals surface area contributed by atoms with Crippen molar-refractivity contribution in [3.63, 3.8) is 0 Å². The maximum Gasteiger partial charge on any atom is 0.251 e. The van der Waals surface area contributed by atoms with Gasteiger partial charge in [-0.2, -0.15) is 0 Å². The van der Waals surface area contributed by atoms with Crippen LogP contribution in [-0.4, -0.2) is 35.7 Å². The zero-order valence-electron chi connectivity index (χ0n) is 11.1. The Labute approximate surface area is 121 Å². The molecule has 5 nitrogen and oxygen atoms in total. The predicted octanol–water partition coefficient (Wildman–Crippen LogP) is 1.30. The molecule has 0 aromatic heterocycles. The fourth-order valence-electron chi connectivity index (χ4n) is 2.04. The number of amides is 3. The summed E-state index contributed by atoms with van der Waals surface area (Å²) in [5.74, 6) is -0.526. The number of nitrogens with one attached hydrogen (secondary N) is 1. The van der Waals surface area contributed by atoms with Crippen LogP contribution in [0.1, 0.15) is 28.8 Å². The molecule has 106 valence electrons. The minimum absolute atomic E-state index is 0.216. The van der Waals surface area contributed by atoms with Crippen molar-refractivity contribution in [1.82, 2.24) is 10.2 Å². The second-order valence-electron chi connectivity index (χ2n) is 4.69. The molecular weight excluding hydrogens is 280 g/mol. The number of likely N-dealkylation sites (N-methyl/N-ethyl adjacent to an activating group) is 1. The average molecular weight is 295 g/mol. The van der Waals surface area contributed by atoms with Gasteiger partial charge in [0.25, 0.3) is 11.8 Å². The van der Waals surface area contributed by atoms with Gasteiger partial charge in [-0.3, -0.25) is 19.3 Å². The van der Waals surface area contributed by atoms with Crippen LogP contribution in [0, 0.1) is 0 Å². The van der Waals surface area contributed by atoms with Crippen molar-refractivity contribution in [2.45, 2.75) is 24.8 Å². The number of alkyl halides is 1. The van der Waals surface area contributed by atoms with E-state index in [1.807, 2.05) is 0 Å². The van der Waals surface area contributed by atoms with Crippen LogP contribution >= 0.6 is 11.6 Å². The number of nitrogens with zero attached hydrogens (tertiary/aromatic N) is 1. The quantitative estimate of drug-likeness (QED) is 0.675. The molecule has 1 aliphatic heterocycles. The fraction of sp³-hybridized carbons (Fsp3) is 0.357. The summed E-state index contributed by atoms with van der Waals surface area (Å²) in [5, 5.41) is 2.66. The van der Waals surface area contributed by atoms with Crippen molar-refractivity contribution in [3.8, 4) is 0 Å². The van der Waals surface area contributed by atoms with E-state index in [-0.39, 0.29) is 24.1 Å². The molecule has 1 aromatic carbocycles. The molecule has 0 spiro atoms. The standard InChI is InChI=1S/C14H15ClN2O3/c1-17-12(18)7-6-11(14(17)20)16-13(19)10-4-2-9(8-15)3-5-10/h2-5,11H,6-8H2,1H3,(H,16,19). The summed E-state index contributed by atoms with van der Waals surface area (Å²) in [6, 6.07) is 6.21. The first-order valence-corrected chi connectivity index (χ1v) is 6.82. The molecule has 6 heteroatoms. The van der Waals surface area contributed by atoms with Crippen LogP contribution in [0.25, 0.3) is 0 Å². The number of hydrogen-bond donors (Lipinski definition) is 1. The Hall–Kier alpha value is -1.88. The van der Waals surface area contributed by atoms with E-state index in [0.717, 1.165) is 10.5 Å². The van der Waals surface area contributed by atoms with Crippen molar-refractivity contribution in [1.29, 1.82) is 0 Å². The molecule has 0 saturated carbocycles. The Morgan fingerprint density at radius 2 is 2.00 bits per heavy atom. The molecule has 0 radical (unpaired) electrons. The number of carbonyl (C=O) groups is 3. The number of hydrogen-bond acceptors (Lipinski definition) is 3. The van der Waals surface area contributed by atoms with Gasteiger partial charge in [0.05, 0.1) is 0 Å². The molecule has 0 bridgehead atoms. The van der Waals surface area contributed by atoms with E-state index in [0.29, 0.717) is 17.9 Å². The molecule has 1 unspecified atom stereocenters. The maximum atomic E-state index is 12.0. The molecule has 3 amide bonds.